The quantitative estimate of drug-likeness (QED) is 0.879. The predicted octanol–water partition coefficient (Wildman–Crippen LogP) is 2.93. The highest BCUT2D eigenvalue weighted by Crippen LogP contribution is 2.25. The molecule has 0 aliphatic carbocycles. The molecule has 0 aliphatic heterocycles. The van der Waals surface area contributed by atoms with Gasteiger partial charge in [-0.2, -0.15) is 0 Å². The van der Waals surface area contributed by atoms with Crippen molar-refractivity contribution >= 4 is 5.95 Å². The molecule has 0 radical (unpaired) electrons. The summed E-state index contributed by atoms with van der Waals surface area (Å²) in [5, 5.41) is 0. The number of imidazole rings is 1. The van der Waals surface area contributed by atoms with E-state index in [0.717, 1.165) is 17.8 Å². The molecule has 0 bridgehead atoms. The Morgan fingerprint density at radius 1 is 1.24 bits per heavy atom. The normalized spacial score (nSPS) is 10.8. The summed E-state index contributed by atoms with van der Waals surface area (Å²) in [6.45, 7) is 4.19. The number of aryl methyl sites for hydroxylation is 2. The Kier molecular flexibility index (Phi) is 3.18. The van der Waals surface area contributed by atoms with Crippen LogP contribution in [0.5, 0.6) is 0 Å². The number of aromatic nitrogens is 2. The second-order valence-corrected chi connectivity index (χ2v) is 4.41. The van der Waals surface area contributed by atoms with Crippen LogP contribution in [0.2, 0.25) is 0 Å². The second kappa shape index (κ2) is 4.62. The van der Waals surface area contributed by atoms with E-state index in [1.165, 1.54) is 17.5 Å². The summed E-state index contributed by atoms with van der Waals surface area (Å²) in [6.07, 6.45) is 2.31. The molecule has 0 aliphatic rings. The van der Waals surface area contributed by atoms with Gasteiger partial charge in [-0.05, 0) is 18.9 Å². The largest absolute Gasteiger partial charge is 0.369 e. The predicted molar refractivity (Wildman–Crippen MR) is 71.8 cm³/mol. The Balaban J connectivity index is 2.39. The highest BCUT2D eigenvalue weighted by molar-refractivity contribution is 5.64. The standard InChI is InChI=1S/C14H19N3/c1-4-5-11-6-8-12(9-7-11)13-10(2)16-14(15)17(13)3/h6-9H,4-5H2,1-3H3,(H2,15,16). The smallest absolute Gasteiger partial charge is 0.200 e. The van der Waals surface area contributed by atoms with Crippen molar-refractivity contribution in [2.45, 2.75) is 26.7 Å². The summed E-state index contributed by atoms with van der Waals surface area (Å²) in [4.78, 5) is 4.29. The summed E-state index contributed by atoms with van der Waals surface area (Å²) in [5.74, 6) is 0.565. The number of hydrogen-bond acceptors (Lipinski definition) is 2. The fourth-order valence-electron chi connectivity index (χ4n) is 2.18. The fourth-order valence-corrected chi connectivity index (χ4v) is 2.18. The minimum atomic E-state index is 0.565. The SMILES string of the molecule is CCCc1ccc(-c2c(C)nc(N)n2C)cc1. The molecule has 0 atom stereocenters. The summed E-state index contributed by atoms with van der Waals surface area (Å²) < 4.78 is 1.93. The van der Waals surface area contributed by atoms with E-state index in [0.29, 0.717) is 5.95 Å². The Labute approximate surface area is 102 Å². The van der Waals surface area contributed by atoms with E-state index in [1.807, 2.05) is 18.5 Å². The van der Waals surface area contributed by atoms with Crippen molar-refractivity contribution in [3.8, 4) is 11.3 Å². The summed E-state index contributed by atoms with van der Waals surface area (Å²) in [7, 11) is 1.95. The number of nitrogen functional groups attached to an aromatic ring is 1. The summed E-state index contributed by atoms with van der Waals surface area (Å²) in [6, 6.07) is 8.66. The molecule has 1 aromatic heterocycles. The minimum Gasteiger partial charge on any atom is -0.369 e. The molecule has 17 heavy (non-hydrogen) atoms. The lowest BCUT2D eigenvalue weighted by atomic mass is 10.1. The Hall–Kier alpha value is -1.77. The molecule has 2 rings (SSSR count). The fraction of sp³-hybridized carbons (Fsp3) is 0.357. The van der Waals surface area contributed by atoms with Gasteiger partial charge in [0, 0.05) is 12.6 Å². The molecule has 2 N–H and O–H groups in total. The van der Waals surface area contributed by atoms with E-state index in [9.17, 15) is 0 Å². The summed E-state index contributed by atoms with van der Waals surface area (Å²) in [5.41, 5.74) is 10.4. The molecule has 0 spiro atoms. The first kappa shape index (κ1) is 11.7. The van der Waals surface area contributed by atoms with Crippen LogP contribution < -0.4 is 5.73 Å². The molecular weight excluding hydrogens is 210 g/mol. The van der Waals surface area contributed by atoms with Gasteiger partial charge >= 0.3 is 0 Å². The third-order valence-corrected chi connectivity index (χ3v) is 3.07. The zero-order valence-corrected chi connectivity index (χ0v) is 10.7. The topological polar surface area (TPSA) is 43.8 Å². The molecule has 0 unspecified atom stereocenters. The van der Waals surface area contributed by atoms with Crippen molar-refractivity contribution in [1.29, 1.82) is 0 Å². The van der Waals surface area contributed by atoms with Crippen molar-refractivity contribution in [2.75, 3.05) is 5.73 Å². The average molecular weight is 229 g/mol. The van der Waals surface area contributed by atoms with E-state index in [1.54, 1.807) is 0 Å². The number of hydrogen-bond donors (Lipinski definition) is 1. The van der Waals surface area contributed by atoms with Crippen LogP contribution in [0.15, 0.2) is 24.3 Å². The molecule has 2 aromatic rings. The molecule has 3 heteroatoms. The van der Waals surface area contributed by atoms with E-state index in [-0.39, 0.29) is 0 Å². The third kappa shape index (κ3) is 2.18. The van der Waals surface area contributed by atoms with Crippen molar-refractivity contribution in [3.63, 3.8) is 0 Å². The van der Waals surface area contributed by atoms with Gasteiger partial charge in [0.1, 0.15) is 0 Å². The van der Waals surface area contributed by atoms with Crippen LogP contribution in [0.1, 0.15) is 24.6 Å². The number of rotatable bonds is 3. The molecule has 1 heterocycles. The van der Waals surface area contributed by atoms with Gasteiger partial charge < -0.3 is 10.3 Å². The lowest BCUT2D eigenvalue weighted by Gasteiger charge is -2.06. The summed E-state index contributed by atoms with van der Waals surface area (Å²) >= 11 is 0. The number of nitrogens with zero attached hydrogens (tertiary/aromatic N) is 2. The van der Waals surface area contributed by atoms with Gasteiger partial charge in [0.2, 0.25) is 5.95 Å². The van der Waals surface area contributed by atoms with Crippen LogP contribution >= 0.6 is 0 Å². The van der Waals surface area contributed by atoms with Crippen molar-refractivity contribution < 1.29 is 0 Å². The molecule has 0 saturated heterocycles. The van der Waals surface area contributed by atoms with Crippen LogP contribution in [0.25, 0.3) is 11.3 Å². The monoisotopic (exact) mass is 229 g/mol. The molecule has 0 saturated carbocycles. The molecule has 90 valence electrons. The zero-order valence-electron chi connectivity index (χ0n) is 10.7. The maximum Gasteiger partial charge on any atom is 0.200 e. The van der Waals surface area contributed by atoms with E-state index in [4.69, 9.17) is 5.73 Å². The van der Waals surface area contributed by atoms with Gasteiger partial charge in [-0.25, -0.2) is 4.98 Å². The third-order valence-electron chi connectivity index (χ3n) is 3.07. The molecule has 3 nitrogen and oxygen atoms in total. The van der Waals surface area contributed by atoms with Gasteiger partial charge in [0.15, 0.2) is 0 Å². The van der Waals surface area contributed by atoms with Crippen molar-refractivity contribution in [2.24, 2.45) is 7.05 Å². The first-order valence-corrected chi connectivity index (χ1v) is 6.01. The van der Waals surface area contributed by atoms with Gasteiger partial charge in [-0.3, -0.25) is 0 Å². The molecule has 0 amide bonds. The first-order valence-electron chi connectivity index (χ1n) is 6.01. The number of benzene rings is 1. The van der Waals surface area contributed by atoms with Crippen LogP contribution in [0.4, 0.5) is 5.95 Å². The van der Waals surface area contributed by atoms with E-state index >= 15 is 0 Å². The van der Waals surface area contributed by atoms with Crippen molar-refractivity contribution in [1.82, 2.24) is 9.55 Å². The van der Waals surface area contributed by atoms with Crippen molar-refractivity contribution in [3.05, 3.63) is 35.5 Å². The highest BCUT2D eigenvalue weighted by atomic mass is 15.1. The van der Waals surface area contributed by atoms with E-state index in [2.05, 4.69) is 36.2 Å². The number of nitrogens with two attached hydrogens (primary N) is 1. The highest BCUT2D eigenvalue weighted by Gasteiger charge is 2.10. The van der Waals surface area contributed by atoms with Gasteiger partial charge in [-0.15, -0.1) is 0 Å². The lowest BCUT2D eigenvalue weighted by Crippen LogP contribution is -1.98. The number of anilines is 1. The van der Waals surface area contributed by atoms with E-state index < -0.39 is 0 Å². The van der Waals surface area contributed by atoms with Gasteiger partial charge in [0.05, 0.1) is 11.4 Å². The zero-order chi connectivity index (χ0) is 12.4. The first-order chi connectivity index (χ1) is 8.13. The lowest BCUT2D eigenvalue weighted by molar-refractivity contribution is 0.920. The van der Waals surface area contributed by atoms with Gasteiger partial charge in [-0.1, -0.05) is 37.6 Å². The molecular formula is C14H19N3. The maximum atomic E-state index is 5.81. The molecule has 1 aromatic carbocycles. The van der Waals surface area contributed by atoms with Crippen LogP contribution in [0.3, 0.4) is 0 Å². The Morgan fingerprint density at radius 2 is 1.88 bits per heavy atom. The van der Waals surface area contributed by atoms with Crippen LogP contribution in [-0.2, 0) is 13.5 Å². The minimum absolute atomic E-state index is 0.565. The average Bonchev–Trinajstić information content (AvgIpc) is 2.55. The van der Waals surface area contributed by atoms with Gasteiger partial charge in [0.25, 0.3) is 0 Å². The molecule has 0 fully saturated rings. The Morgan fingerprint density at radius 3 is 2.35 bits per heavy atom. The Bertz CT molecular complexity index is 509. The maximum absolute atomic E-state index is 5.81. The second-order valence-electron chi connectivity index (χ2n) is 4.41. The van der Waals surface area contributed by atoms with Crippen LogP contribution in [0, 0.1) is 6.92 Å². The van der Waals surface area contributed by atoms with Crippen LogP contribution in [-0.4, -0.2) is 9.55 Å².